The van der Waals surface area contributed by atoms with Crippen LogP contribution in [-0.2, 0) is 6.42 Å². The van der Waals surface area contributed by atoms with Crippen molar-refractivity contribution in [3.8, 4) is 11.5 Å². The van der Waals surface area contributed by atoms with Gasteiger partial charge in [-0.2, -0.15) is 0 Å². The van der Waals surface area contributed by atoms with Crippen LogP contribution in [-0.4, -0.2) is 12.3 Å². The Labute approximate surface area is 119 Å². The van der Waals surface area contributed by atoms with Crippen LogP contribution < -0.4 is 10.5 Å². The molecule has 0 saturated heterocycles. The number of benzene rings is 2. The number of aryl methyl sites for hydroxylation is 1. The van der Waals surface area contributed by atoms with E-state index in [-0.39, 0.29) is 6.04 Å². The van der Waals surface area contributed by atoms with Crippen molar-refractivity contribution in [3.05, 3.63) is 53.6 Å². The molecule has 3 heteroatoms. The zero-order valence-electron chi connectivity index (χ0n) is 11.5. The molecule has 0 spiro atoms. The largest absolute Gasteiger partial charge is 0.454 e. The third-order valence-electron chi connectivity index (χ3n) is 3.44. The molecule has 2 aromatic carbocycles. The highest BCUT2D eigenvalue weighted by Crippen LogP contribution is 2.36. The van der Waals surface area contributed by atoms with Crippen molar-refractivity contribution in [2.75, 3.05) is 0 Å². The van der Waals surface area contributed by atoms with E-state index in [9.17, 15) is 0 Å². The highest BCUT2D eigenvalue weighted by Gasteiger charge is 2.14. The summed E-state index contributed by atoms with van der Waals surface area (Å²) in [5.74, 6) is 1.66. The average Bonchev–Trinajstić information content (AvgIpc) is 2.64. The number of nitrogens with zero attached hydrogens (tertiary/aromatic N) is 1. The first-order chi connectivity index (χ1) is 9.74. The van der Waals surface area contributed by atoms with Crippen LogP contribution in [0.25, 0.3) is 0 Å². The van der Waals surface area contributed by atoms with Gasteiger partial charge in [0.25, 0.3) is 0 Å². The molecule has 0 bridgehead atoms. The molecular formula is C17H18N2O. The van der Waals surface area contributed by atoms with Gasteiger partial charge in [0.15, 0.2) is 5.75 Å². The molecular weight excluding hydrogens is 248 g/mol. The molecule has 1 atom stereocenters. The Morgan fingerprint density at radius 1 is 1.10 bits per heavy atom. The van der Waals surface area contributed by atoms with E-state index in [0.717, 1.165) is 35.6 Å². The van der Waals surface area contributed by atoms with Crippen molar-refractivity contribution < 1.29 is 4.74 Å². The summed E-state index contributed by atoms with van der Waals surface area (Å²) in [5, 5.41) is 0. The SMILES string of the molecule is CC(N)CCc1cccc2c1C=Nc1ccccc1O2. The smallest absolute Gasteiger partial charge is 0.153 e. The van der Waals surface area contributed by atoms with Crippen molar-refractivity contribution in [3.63, 3.8) is 0 Å². The zero-order valence-corrected chi connectivity index (χ0v) is 11.5. The van der Waals surface area contributed by atoms with Crippen LogP contribution in [0.15, 0.2) is 47.5 Å². The maximum Gasteiger partial charge on any atom is 0.153 e. The van der Waals surface area contributed by atoms with Crippen LogP contribution in [0.5, 0.6) is 11.5 Å². The van der Waals surface area contributed by atoms with E-state index < -0.39 is 0 Å². The fourth-order valence-corrected chi connectivity index (χ4v) is 2.33. The van der Waals surface area contributed by atoms with Crippen molar-refractivity contribution in [1.29, 1.82) is 0 Å². The molecule has 3 rings (SSSR count). The van der Waals surface area contributed by atoms with Gasteiger partial charge in [0.1, 0.15) is 11.4 Å². The molecule has 2 N–H and O–H groups in total. The van der Waals surface area contributed by atoms with Gasteiger partial charge in [-0.05, 0) is 43.5 Å². The number of aliphatic imine (C=N–C) groups is 1. The summed E-state index contributed by atoms with van der Waals surface area (Å²) >= 11 is 0. The van der Waals surface area contributed by atoms with E-state index in [0.29, 0.717) is 0 Å². The Morgan fingerprint density at radius 2 is 1.90 bits per heavy atom. The second kappa shape index (κ2) is 5.47. The second-order valence-corrected chi connectivity index (χ2v) is 5.17. The highest BCUT2D eigenvalue weighted by molar-refractivity contribution is 5.89. The fourth-order valence-electron chi connectivity index (χ4n) is 2.33. The molecule has 1 heterocycles. The number of rotatable bonds is 3. The van der Waals surface area contributed by atoms with E-state index >= 15 is 0 Å². The second-order valence-electron chi connectivity index (χ2n) is 5.17. The van der Waals surface area contributed by atoms with Gasteiger partial charge in [-0.25, -0.2) is 0 Å². The minimum absolute atomic E-state index is 0.201. The number of hydrogen-bond acceptors (Lipinski definition) is 3. The molecule has 2 aromatic rings. The van der Waals surface area contributed by atoms with Crippen molar-refractivity contribution in [2.24, 2.45) is 10.7 Å². The number of nitrogens with two attached hydrogens (primary N) is 1. The Morgan fingerprint density at radius 3 is 2.75 bits per heavy atom. The first kappa shape index (κ1) is 12.9. The lowest BCUT2D eigenvalue weighted by Crippen LogP contribution is -2.15. The summed E-state index contributed by atoms with van der Waals surface area (Å²) in [6, 6.07) is 14.1. The van der Waals surface area contributed by atoms with Crippen LogP contribution in [0.4, 0.5) is 5.69 Å². The molecule has 0 fully saturated rings. The normalized spacial score (nSPS) is 13.9. The van der Waals surface area contributed by atoms with Crippen LogP contribution in [0, 0.1) is 0 Å². The van der Waals surface area contributed by atoms with Gasteiger partial charge in [-0.3, -0.25) is 4.99 Å². The van der Waals surface area contributed by atoms with E-state index in [1.54, 1.807) is 0 Å². The fraction of sp³-hybridized carbons (Fsp3) is 0.235. The van der Waals surface area contributed by atoms with Crippen LogP contribution in [0.1, 0.15) is 24.5 Å². The molecule has 0 radical (unpaired) electrons. The third-order valence-corrected chi connectivity index (χ3v) is 3.44. The average molecular weight is 266 g/mol. The van der Waals surface area contributed by atoms with E-state index in [4.69, 9.17) is 10.5 Å². The van der Waals surface area contributed by atoms with Gasteiger partial charge in [0, 0.05) is 17.8 Å². The standard InChI is InChI=1S/C17H18N2O/c1-12(18)9-10-13-5-4-8-16-14(13)11-19-15-6-2-3-7-17(15)20-16/h2-8,11-12H,9-10,18H2,1H3. The van der Waals surface area contributed by atoms with Gasteiger partial charge in [0.2, 0.25) is 0 Å². The predicted octanol–water partition coefficient (Wildman–Crippen LogP) is 3.82. The lowest BCUT2D eigenvalue weighted by Gasteiger charge is -2.12. The lowest BCUT2D eigenvalue weighted by molar-refractivity contribution is 0.484. The lowest BCUT2D eigenvalue weighted by atomic mass is 10.0. The molecule has 102 valence electrons. The summed E-state index contributed by atoms with van der Waals surface area (Å²) in [5.41, 5.74) is 9.01. The minimum Gasteiger partial charge on any atom is -0.454 e. The zero-order chi connectivity index (χ0) is 13.9. The molecule has 0 amide bonds. The van der Waals surface area contributed by atoms with Crippen LogP contribution in [0.3, 0.4) is 0 Å². The molecule has 1 aliphatic rings. The summed E-state index contributed by atoms with van der Waals surface area (Å²) < 4.78 is 5.99. The summed E-state index contributed by atoms with van der Waals surface area (Å²) in [6.07, 6.45) is 3.79. The highest BCUT2D eigenvalue weighted by atomic mass is 16.5. The maximum atomic E-state index is 5.99. The summed E-state index contributed by atoms with van der Waals surface area (Å²) in [6.45, 7) is 2.03. The van der Waals surface area contributed by atoms with Crippen molar-refractivity contribution in [2.45, 2.75) is 25.8 Å². The number of para-hydroxylation sites is 2. The van der Waals surface area contributed by atoms with Gasteiger partial charge in [-0.1, -0.05) is 24.3 Å². The molecule has 3 nitrogen and oxygen atoms in total. The van der Waals surface area contributed by atoms with E-state index in [1.165, 1.54) is 5.56 Å². The third kappa shape index (κ3) is 2.58. The first-order valence-electron chi connectivity index (χ1n) is 6.92. The Balaban J connectivity index is 1.98. The van der Waals surface area contributed by atoms with E-state index in [2.05, 4.69) is 11.1 Å². The van der Waals surface area contributed by atoms with Crippen molar-refractivity contribution in [1.82, 2.24) is 0 Å². The monoisotopic (exact) mass is 266 g/mol. The molecule has 1 unspecified atom stereocenters. The predicted molar refractivity (Wildman–Crippen MR) is 82.2 cm³/mol. The molecule has 0 saturated carbocycles. The first-order valence-corrected chi connectivity index (χ1v) is 6.92. The number of hydrogen-bond donors (Lipinski definition) is 1. The van der Waals surface area contributed by atoms with Gasteiger partial charge >= 0.3 is 0 Å². The quantitative estimate of drug-likeness (QED) is 0.783. The Hall–Kier alpha value is -2.13. The number of fused-ring (bicyclic) bond motifs is 2. The Bertz CT molecular complexity index is 647. The topological polar surface area (TPSA) is 47.6 Å². The van der Waals surface area contributed by atoms with Crippen LogP contribution in [0.2, 0.25) is 0 Å². The molecule has 20 heavy (non-hydrogen) atoms. The molecule has 1 aliphatic heterocycles. The van der Waals surface area contributed by atoms with Crippen LogP contribution >= 0.6 is 0 Å². The Kier molecular flexibility index (Phi) is 3.52. The van der Waals surface area contributed by atoms with Crippen molar-refractivity contribution >= 4 is 11.9 Å². The molecule has 0 aromatic heterocycles. The van der Waals surface area contributed by atoms with Gasteiger partial charge < -0.3 is 10.5 Å². The summed E-state index contributed by atoms with van der Waals surface area (Å²) in [4.78, 5) is 4.53. The van der Waals surface area contributed by atoms with Gasteiger partial charge in [0.05, 0.1) is 0 Å². The number of ether oxygens (including phenoxy) is 1. The molecule has 0 aliphatic carbocycles. The van der Waals surface area contributed by atoms with E-state index in [1.807, 2.05) is 49.5 Å². The maximum absolute atomic E-state index is 5.99. The van der Waals surface area contributed by atoms with Gasteiger partial charge in [-0.15, -0.1) is 0 Å². The minimum atomic E-state index is 0.201. The summed E-state index contributed by atoms with van der Waals surface area (Å²) in [7, 11) is 0.